The number of benzene rings is 1. The molecule has 1 heterocycles. The van der Waals surface area contributed by atoms with Gasteiger partial charge in [-0.3, -0.25) is 4.90 Å². The summed E-state index contributed by atoms with van der Waals surface area (Å²) >= 11 is 0. The molecule has 8 heteroatoms. The third kappa shape index (κ3) is 5.47. The highest BCUT2D eigenvalue weighted by atomic mass is 35.5. The third-order valence-corrected chi connectivity index (χ3v) is 5.16. The van der Waals surface area contributed by atoms with Crippen molar-refractivity contribution in [3.63, 3.8) is 0 Å². The van der Waals surface area contributed by atoms with Gasteiger partial charge in [-0.05, 0) is 36.5 Å². The van der Waals surface area contributed by atoms with Crippen LogP contribution < -0.4 is 10.1 Å². The van der Waals surface area contributed by atoms with E-state index in [2.05, 4.69) is 15.0 Å². The van der Waals surface area contributed by atoms with Crippen molar-refractivity contribution in [3.05, 3.63) is 29.6 Å². The van der Waals surface area contributed by atoms with Gasteiger partial charge >= 0.3 is 6.36 Å². The van der Waals surface area contributed by atoms with Gasteiger partial charge in [0.25, 0.3) is 0 Å². The normalized spacial score (nSPS) is 21.1. The maximum absolute atomic E-state index is 14.2. The highest BCUT2D eigenvalue weighted by Gasteiger charge is 2.34. The highest BCUT2D eigenvalue weighted by molar-refractivity contribution is 5.85. The van der Waals surface area contributed by atoms with Gasteiger partial charge in [0.05, 0.1) is 0 Å². The number of rotatable bonds is 4. The number of hydrogen-bond acceptors (Lipinski definition) is 3. The molecule has 148 valence electrons. The number of halogens is 5. The molecule has 1 saturated heterocycles. The lowest BCUT2D eigenvalue weighted by Crippen LogP contribution is -2.47. The summed E-state index contributed by atoms with van der Waals surface area (Å²) in [7, 11) is 0. The first-order chi connectivity index (χ1) is 11.9. The predicted molar refractivity (Wildman–Crippen MR) is 94.1 cm³/mol. The van der Waals surface area contributed by atoms with Crippen LogP contribution in [-0.4, -0.2) is 37.4 Å². The molecule has 0 amide bonds. The lowest BCUT2D eigenvalue weighted by Gasteiger charge is -2.41. The van der Waals surface area contributed by atoms with Gasteiger partial charge in [-0.2, -0.15) is 0 Å². The van der Waals surface area contributed by atoms with Gasteiger partial charge in [-0.25, -0.2) is 4.39 Å². The Morgan fingerprint density at radius 2 is 1.73 bits per heavy atom. The van der Waals surface area contributed by atoms with Crippen LogP contribution in [0, 0.1) is 11.7 Å². The predicted octanol–water partition coefficient (Wildman–Crippen LogP) is 4.67. The fourth-order valence-corrected chi connectivity index (χ4v) is 4.10. The Morgan fingerprint density at radius 3 is 2.31 bits per heavy atom. The van der Waals surface area contributed by atoms with Crippen molar-refractivity contribution in [1.29, 1.82) is 0 Å². The SMILES string of the molecule is Cl.Fc1cc([C@@H](C2CCCCC2)N2CCNCC2)ccc1OC(F)(F)F. The van der Waals surface area contributed by atoms with Crippen molar-refractivity contribution in [2.24, 2.45) is 5.92 Å². The molecule has 1 atom stereocenters. The zero-order valence-corrected chi connectivity index (χ0v) is 15.3. The van der Waals surface area contributed by atoms with Crippen LogP contribution in [0.1, 0.15) is 43.7 Å². The monoisotopic (exact) mass is 396 g/mol. The van der Waals surface area contributed by atoms with Crippen LogP contribution in [-0.2, 0) is 0 Å². The molecular weight excluding hydrogens is 372 g/mol. The van der Waals surface area contributed by atoms with Crippen molar-refractivity contribution in [1.82, 2.24) is 10.2 Å². The minimum absolute atomic E-state index is 0. The number of ether oxygens (including phenoxy) is 1. The highest BCUT2D eigenvalue weighted by Crippen LogP contribution is 2.39. The molecule has 0 spiro atoms. The second kappa shape index (κ2) is 9.24. The minimum Gasteiger partial charge on any atom is -0.403 e. The first-order valence-corrected chi connectivity index (χ1v) is 8.94. The third-order valence-electron chi connectivity index (χ3n) is 5.16. The van der Waals surface area contributed by atoms with E-state index in [0.29, 0.717) is 5.92 Å². The molecule has 1 saturated carbocycles. The molecule has 1 aliphatic heterocycles. The fourth-order valence-electron chi connectivity index (χ4n) is 4.10. The van der Waals surface area contributed by atoms with Crippen molar-refractivity contribution in [2.45, 2.75) is 44.5 Å². The molecule has 2 fully saturated rings. The number of alkyl halides is 3. The van der Waals surface area contributed by atoms with Crippen LogP contribution in [0.25, 0.3) is 0 Å². The molecule has 0 aromatic heterocycles. The zero-order chi connectivity index (χ0) is 17.9. The summed E-state index contributed by atoms with van der Waals surface area (Å²) in [6.07, 6.45) is 0.811. The van der Waals surface area contributed by atoms with Crippen LogP contribution in [0.4, 0.5) is 17.6 Å². The van der Waals surface area contributed by atoms with E-state index in [1.165, 1.54) is 12.5 Å². The molecular formula is C18H25ClF4N2O. The Labute approximate surface area is 157 Å². The standard InChI is InChI=1S/C18H24F4N2O.ClH/c19-15-12-14(6-7-16(15)25-18(20,21)22)17(13-4-2-1-3-5-13)24-10-8-23-9-11-24;/h6-7,12-13,17,23H,1-5,8-11H2;1H/t17-;/m1./s1. The summed E-state index contributed by atoms with van der Waals surface area (Å²) in [5, 5.41) is 3.31. The smallest absolute Gasteiger partial charge is 0.403 e. The van der Waals surface area contributed by atoms with Gasteiger partial charge in [-0.15, -0.1) is 25.6 Å². The van der Waals surface area contributed by atoms with E-state index < -0.39 is 17.9 Å². The van der Waals surface area contributed by atoms with E-state index in [0.717, 1.165) is 63.5 Å². The summed E-state index contributed by atoms with van der Waals surface area (Å²) in [5.74, 6) is -1.30. The maximum atomic E-state index is 14.2. The molecule has 3 nitrogen and oxygen atoms in total. The molecule has 2 aliphatic rings. The summed E-state index contributed by atoms with van der Waals surface area (Å²) in [5.41, 5.74) is 0.751. The van der Waals surface area contributed by atoms with Crippen molar-refractivity contribution >= 4 is 12.4 Å². The van der Waals surface area contributed by atoms with Gasteiger partial charge < -0.3 is 10.1 Å². The molecule has 0 radical (unpaired) electrons. The van der Waals surface area contributed by atoms with Crippen LogP contribution in [0.3, 0.4) is 0 Å². The van der Waals surface area contributed by atoms with Crippen molar-refractivity contribution in [3.8, 4) is 5.75 Å². The van der Waals surface area contributed by atoms with Crippen LogP contribution >= 0.6 is 12.4 Å². The van der Waals surface area contributed by atoms with Gasteiger partial charge in [-0.1, -0.05) is 25.3 Å². The zero-order valence-electron chi connectivity index (χ0n) is 14.5. The average Bonchev–Trinajstić information content (AvgIpc) is 2.58. The first-order valence-electron chi connectivity index (χ1n) is 8.94. The molecule has 0 bridgehead atoms. The van der Waals surface area contributed by atoms with Crippen LogP contribution in [0.5, 0.6) is 5.75 Å². The van der Waals surface area contributed by atoms with Crippen LogP contribution in [0.15, 0.2) is 18.2 Å². The molecule has 3 rings (SSSR count). The average molecular weight is 397 g/mol. The topological polar surface area (TPSA) is 24.5 Å². The molecule has 0 unspecified atom stereocenters. The molecule has 26 heavy (non-hydrogen) atoms. The van der Waals surface area contributed by atoms with E-state index in [9.17, 15) is 17.6 Å². The van der Waals surface area contributed by atoms with Gasteiger partial charge in [0, 0.05) is 32.2 Å². The Morgan fingerprint density at radius 1 is 1.08 bits per heavy atom. The van der Waals surface area contributed by atoms with E-state index in [-0.39, 0.29) is 18.4 Å². The van der Waals surface area contributed by atoms with Crippen molar-refractivity contribution in [2.75, 3.05) is 26.2 Å². The number of nitrogens with one attached hydrogen (secondary N) is 1. The summed E-state index contributed by atoms with van der Waals surface area (Å²) < 4.78 is 55.1. The minimum atomic E-state index is -4.89. The fraction of sp³-hybridized carbons (Fsp3) is 0.667. The Hall–Kier alpha value is -1.05. The Balaban J connectivity index is 0.00000243. The number of hydrogen-bond donors (Lipinski definition) is 1. The van der Waals surface area contributed by atoms with E-state index in [4.69, 9.17) is 0 Å². The van der Waals surface area contributed by atoms with Gasteiger partial charge in [0.1, 0.15) is 0 Å². The maximum Gasteiger partial charge on any atom is 0.573 e. The van der Waals surface area contributed by atoms with Gasteiger partial charge in [0.2, 0.25) is 0 Å². The van der Waals surface area contributed by atoms with Crippen LogP contribution in [0.2, 0.25) is 0 Å². The van der Waals surface area contributed by atoms with Crippen molar-refractivity contribution < 1.29 is 22.3 Å². The number of nitrogens with zero attached hydrogens (tertiary/aromatic N) is 1. The Kier molecular flexibility index (Phi) is 7.55. The lowest BCUT2D eigenvalue weighted by molar-refractivity contribution is -0.275. The summed E-state index contributed by atoms with van der Waals surface area (Å²) in [6, 6.07) is 3.97. The lowest BCUT2D eigenvalue weighted by atomic mass is 9.80. The summed E-state index contributed by atoms with van der Waals surface area (Å²) in [4.78, 5) is 2.34. The Bertz CT molecular complexity index is 555. The second-order valence-corrected chi connectivity index (χ2v) is 6.87. The van der Waals surface area contributed by atoms with E-state index in [1.54, 1.807) is 6.07 Å². The van der Waals surface area contributed by atoms with E-state index in [1.807, 2.05) is 0 Å². The molecule has 1 aliphatic carbocycles. The second-order valence-electron chi connectivity index (χ2n) is 6.87. The quantitative estimate of drug-likeness (QED) is 0.748. The summed E-state index contributed by atoms with van der Waals surface area (Å²) in [6.45, 7) is 3.48. The molecule has 1 aromatic rings. The molecule has 1 aromatic carbocycles. The largest absolute Gasteiger partial charge is 0.573 e. The molecule has 1 N–H and O–H groups in total. The van der Waals surface area contributed by atoms with E-state index >= 15 is 0 Å². The first kappa shape index (κ1) is 21.3. The van der Waals surface area contributed by atoms with Gasteiger partial charge in [0.15, 0.2) is 11.6 Å². The number of piperazine rings is 1.